The van der Waals surface area contributed by atoms with E-state index in [9.17, 15) is 13.2 Å². The Balaban J connectivity index is 1.72. The number of amides is 1. The van der Waals surface area contributed by atoms with Crippen molar-refractivity contribution in [1.29, 1.82) is 0 Å². The monoisotopic (exact) mass is 466 g/mol. The first-order valence-electron chi connectivity index (χ1n) is 10.9. The number of carbonyl (C=O) groups is 1. The summed E-state index contributed by atoms with van der Waals surface area (Å²) >= 11 is 0. The van der Waals surface area contributed by atoms with Gasteiger partial charge in [-0.15, -0.1) is 0 Å². The molecule has 6 nitrogen and oxygen atoms in total. The third kappa shape index (κ3) is 6.35. The molecule has 3 aromatic carbocycles. The maximum absolute atomic E-state index is 13.4. The molecule has 1 amide bonds. The van der Waals surface area contributed by atoms with Gasteiger partial charge in [-0.1, -0.05) is 42.5 Å². The van der Waals surface area contributed by atoms with E-state index >= 15 is 0 Å². The Morgan fingerprint density at radius 3 is 2.45 bits per heavy atom. The molecule has 0 fully saturated rings. The second-order valence-electron chi connectivity index (χ2n) is 7.92. The highest BCUT2D eigenvalue weighted by molar-refractivity contribution is 7.92. The summed E-state index contributed by atoms with van der Waals surface area (Å²) in [7, 11) is -2.28. The lowest BCUT2D eigenvalue weighted by Crippen LogP contribution is -2.41. The van der Waals surface area contributed by atoms with Crippen LogP contribution >= 0.6 is 0 Å². The number of benzene rings is 3. The van der Waals surface area contributed by atoms with Crippen LogP contribution in [0.25, 0.3) is 0 Å². The summed E-state index contributed by atoms with van der Waals surface area (Å²) in [6, 6.07) is 21.6. The van der Waals surface area contributed by atoms with Gasteiger partial charge in [0, 0.05) is 6.54 Å². The highest BCUT2D eigenvalue weighted by Crippen LogP contribution is 2.27. The molecule has 0 aromatic heterocycles. The van der Waals surface area contributed by atoms with Gasteiger partial charge in [-0.3, -0.25) is 9.10 Å². The van der Waals surface area contributed by atoms with Gasteiger partial charge in [-0.05, 0) is 73.7 Å². The normalized spacial score (nSPS) is 11.1. The zero-order valence-corrected chi connectivity index (χ0v) is 20.1. The molecule has 3 rings (SSSR count). The number of anilines is 1. The Bertz CT molecular complexity index is 1190. The van der Waals surface area contributed by atoms with E-state index in [-0.39, 0.29) is 17.3 Å². The van der Waals surface area contributed by atoms with Crippen LogP contribution in [0.15, 0.2) is 77.7 Å². The SMILES string of the molecule is COc1cccc(CCCNC(=O)CN(c2cc(C)ccc2C)S(=O)(=O)c2ccccc2)c1. The first-order valence-corrected chi connectivity index (χ1v) is 12.3. The van der Waals surface area contributed by atoms with Crippen LogP contribution in [0.4, 0.5) is 5.69 Å². The average molecular weight is 467 g/mol. The van der Waals surface area contributed by atoms with Crippen molar-refractivity contribution in [3.8, 4) is 5.75 Å². The summed E-state index contributed by atoms with van der Waals surface area (Å²) in [5.74, 6) is 0.452. The number of ether oxygens (including phenoxy) is 1. The van der Waals surface area contributed by atoms with Crippen molar-refractivity contribution in [3.05, 3.63) is 89.5 Å². The standard InChI is InChI=1S/C26H30N2O4S/c1-20-14-15-21(2)25(17-20)28(33(30,31)24-12-5-4-6-13-24)19-26(29)27-16-8-10-22-9-7-11-23(18-22)32-3/h4-7,9,11-15,17-18H,8,10,16,19H2,1-3H3,(H,27,29). The molecule has 3 aromatic rings. The number of rotatable bonds is 10. The molecule has 0 spiro atoms. The molecular weight excluding hydrogens is 436 g/mol. The lowest BCUT2D eigenvalue weighted by molar-refractivity contribution is -0.119. The molecule has 7 heteroatoms. The van der Waals surface area contributed by atoms with E-state index in [1.54, 1.807) is 43.5 Å². The van der Waals surface area contributed by atoms with Gasteiger partial charge in [0.15, 0.2) is 0 Å². The Hall–Kier alpha value is -3.32. The first kappa shape index (κ1) is 24.3. The first-order chi connectivity index (χ1) is 15.8. The summed E-state index contributed by atoms with van der Waals surface area (Å²) in [6.45, 7) is 3.89. The molecule has 0 saturated carbocycles. The summed E-state index contributed by atoms with van der Waals surface area (Å²) in [5, 5.41) is 2.86. The second kappa shape index (κ2) is 11.0. The molecule has 174 valence electrons. The third-order valence-corrected chi connectivity index (χ3v) is 7.12. The lowest BCUT2D eigenvalue weighted by Gasteiger charge is -2.26. The number of carbonyl (C=O) groups excluding carboxylic acids is 1. The van der Waals surface area contributed by atoms with E-state index in [1.807, 2.05) is 50.2 Å². The van der Waals surface area contributed by atoms with Crippen LogP contribution in [0, 0.1) is 13.8 Å². The van der Waals surface area contributed by atoms with Crippen molar-refractivity contribution in [2.75, 3.05) is 24.5 Å². The molecule has 1 N–H and O–H groups in total. The predicted molar refractivity (Wildman–Crippen MR) is 131 cm³/mol. The average Bonchev–Trinajstić information content (AvgIpc) is 2.82. The molecule has 0 radical (unpaired) electrons. The Labute approximate surface area is 196 Å². The van der Waals surface area contributed by atoms with E-state index < -0.39 is 10.0 Å². The number of hydrogen-bond acceptors (Lipinski definition) is 4. The molecular formula is C26H30N2O4S. The topological polar surface area (TPSA) is 75.7 Å². The van der Waals surface area contributed by atoms with Crippen molar-refractivity contribution >= 4 is 21.6 Å². The number of hydrogen-bond donors (Lipinski definition) is 1. The molecule has 0 bridgehead atoms. The van der Waals surface area contributed by atoms with Gasteiger partial charge in [-0.25, -0.2) is 8.42 Å². The van der Waals surface area contributed by atoms with Crippen molar-refractivity contribution in [1.82, 2.24) is 5.32 Å². The van der Waals surface area contributed by atoms with Gasteiger partial charge >= 0.3 is 0 Å². The Kier molecular flexibility index (Phi) is 8.11. The van der Waals surface area contributed by atoms with Gasteiger partial charge in [0.05, 0.1) is 17.7 Å². The summed E-state index contributed by atoms with van der Waals surface area (Å²) < 4.78 is 33.3. The number of sulfonamides is 1. The van der Waals surface area contributed by atoms with Crippen LogP contribution in [0.1, 0.15) is 23.1 Å². The van der Waals surface area contributed by atoms with Crippen molar-refractivity contribution < 1.29 is 17.9 Å². The number of nitrogens with zero attached hydrogens (tertiary/aromatic N) is 1. The van der Waals surface area contributed by atoms with Crippen LogP contribution in [0.5, 0.6) is 5.75 Å². The van der Waals surface area contributed by atoms with Gasteiger partial charge in [0.1, 0.15) is 12.3 Å². The van der Waals surface area contributed by atoms with Gasteiger partial charge in [-0.2, -0.15) is 0 Å². The molecule has 0 unspecified atom stereocenters. The minimum absolute atomic E-state index is 0.150. The van der Waals surface area contributed by atoms with E-state index in [1.165, 1.54) is 4.31 Å². The van der Waals surface area contributed by atoms with Crippen LogP contribution in [-0.2, 0) is 21.2 Å². The number of nitrogens with one attached hydrogen (secondary N) is 1. The van der Waals surface area contributed by atoms with Crippen LogP contribution in [0.3, 0.4) is 0 Å². The highest BCUT2D eigenvalue weighted by Gasteiger charge is 2.28. The Morgan fingerprint density at radius 2 is 1.73 bits per heavy atom. The van der Waals surface area contributed by atoms with Crippen molar-refractivity contribution in [3.63, 3.8) is 0 Å². The molecule has 0 atom stereocenters. The lowest BCUT2D eigenvalue weighted by atomic mass is 10.1. The van der Waals surface area contributed by atoms with Crippen LogP contribution < -0.4 is 14.4 Å². The third-order valence-electron chi connectivity index (χ3n) is 5.35. The summed E-state index contributed by atoms with van der Waals surface area (Å²) in [4.78, 5) is 12.9. The molecule has 0 aliphatic heterocycles. The molecule has 0 aliphatic carbocycles. The largest absolute Gasteiger partial charge is 0.497 e. The second-order valence-corrected chi connectivity index (χ2v) is 9.78. The smallest absolute Gasteiger partial charge is 0.264 e. The highest BCUT2D eigenvalue weighted by atomic mass is 32.2. The zero-order valence-electron chi connectivity index (χ0n) is 19.2. The minimum atomic E-state index is -3.91. The van der Waals surface area contributed by atoms with Crippen LogP contribution in [-0.4, -0.2) is 34.5 Å². The quantitative estimate of drug-likeness (QED) is 0.453. The Morgan fingerprint density at radius 1 is 0.970 bits per heavy atom. The fourth-order valence-corrected chi connectivity index (χ4v) is 5.04. The van der Waals surface area contributed by atoms with E-state index in [4.69, 9.17) is 4.74 Å². The fraction of sp³-hybridized carbons (Fsp3) is 0.269. The van der Waals surface area contributed by atoms with Crippen molar-refractivity contribution in [2.45, 2.75) is 31.6 Å². The molecule has 0 aliphatic rings. The van der Waals surface area contributed by atoms with E-state index in [0.29, 0.717) is 12.2 Å². The minimum Gasteiger partial charge on any atom is -0.497 e. The predicted octanol–water partition coefficient (Wildman–Crippen LogP) is 4.26. The maximum atomic E-state index is 13.4. The van der Waals surface area contributed by atoms with Gasteiger partial charge in [0.2, 0.25) is 5.91 Å². The number of aryl methyl sites for hydroxylation is 3. The van der Waals surface area contributed by atoms with E-state index in [2.05, 4.69) is 5.32 Å². The maximum Gasteiger partial charge on any atom is 0.264 e. The molecule has 0 saturated heterocycles. The van der Waals surface area contributed by atoms with E-state index in [0.717, 1.165) is 35.3 Å². The zero-order chi connectivity index (χ0) is 23.8. The summed E-state index contributed by atoms with van der Waals surface area (Å²) in [6.07, 6.45) is 1.51. The van der Waals surface area contributed by atoms with Gasteiger partial charge in [0.25, 0.3) is 10.0 Å². The summed E-state index contributed by atoms with van der Waals surface area (Å²) in [5.41, 5.74) is 3.33. The molecule has 33 heavy (non-hydrogen) atoms. The molecule has 0 heterocycles. The fourth-order valence-electron chi connectivity index (χ4n) is 3.54. The van der Waals surface area contributed by atoms with Crippen molar-refractivity contribution in [2.24, 2.45) is 0 Å². The van der Waals surface area contributed by atoms with Gasteiger partial charge < -0.3 is 10.1 Å². The number of methoxy groups -OCH3 is 1. The van der Waals surface area contributed by atoms with Crippen LogP contribution in [0.2, 0.25) is 0 Å².